The number of nitrogens with two attached hydrogens (primary N) is 1. The van der Waals surface area contributed by atoms with Crippen molar-refractivity contribution in [1.29, 1.82) is 5.41 Å². The first kappa shape index (κ1) is 13.1. The first-order chi connectivity index (χ1) is 9.20. The smallest absolute Gasteiger partial charge is 0.156 e. The van der Waals surface area contributed by atoms with Gasteiger partial charge in [0.25, 0.3) is 0 Å². The Bertz CT molecular complexity index is 564. The van der Waals surface area contributed by atoms with Gasteiger partial charge in [0.1, 0.15) is 11.6 Å². The summed E-state index contributed by atoms with van der Waals surface area (Å²) >= 11 is 0. The first-order valence-corrected chi connectivity index (χ1v) is 6.26. The van der Waals surface area contributed by atoms with Crippen molar-refractivity contribution >= 4 is 5.84 Å². The van der Waals surface area contributed by atoms with Crippen LogP contribution in [0, 0.1) is 5.41 Å². The fourth-order valence-electron chi connectivity index (χ4n) is 1.82. The summed E-state index contributed by atoms with van der Waals surface area (Å²) in [7, 11) is 0. The lowest BCUT2D eigenvalue weighted by Gasteiger charge is -2.09. The first-order valence-electron chi connectivity index (χ1n) is 6.26. The Morgan fingerprint density at radius 1 is 1.26 bits per heavy atom. The molecule has 0 aliphatic heterocycles. The minimum atomic E-state index is -0.0278. The van der Waals surface area contributed by atoms with E-state index in [1.165, 1.54) is 5.56 Å². The Labute approximate surface area is 112 Å². The molecule has 98 valence electrons. The van der Waals surface area contributed by atoms with Crippen LogP contribution in [0.4, 0.5) is 0 Å². The minimum absolute atomic E-state index is 0.0278. The van der Waals surface area contributed by atoms with Gasteiger partial charge in [-0.25, -0.2) is 0 Å². The Hall–Kier alpha value is -2.36. The molecule has 3 N–H and O–H groups in total. The van der Waals surface area contributed by atoms with Gasteiger partial charge in [0.15, 0.2) is 5.75 Å². The third kappa shape index (κ3) is 3.31. The summed E-state index contributed by atoms with van der Waals surface area (Å²) in [4.78, 5) is 3.99. The number of nitrogen functional groups attached to an aromatic ring is 1. The predicted molar refractivity (Wildman–Crippen MR) is 75.8 cm³/mol. The van der Waals surface area contributed by atoms with Crippen molar-refractivity contribution < 1.29 is 4.74 Å². The van der Waals surface area contributed by atoms with Gasteiger partial charge in [0.05, 0.1) is 11.8 Å². The van der Waals surface area contributed by atoms with Crippen LogP contribution in [0.25, 0.3) is 0 Å². The second-order valence-electron chi connectivity index (χ2n) is 4.28. The number of amidine groups is 1. The van der Waals surface area contributed by atoms with Gasteiger partial charge in [0, 0.05) is 6.20 Å². The molecule has 0 atom stereocenters. The molecule has 0 fully saturated rings. The molecule has 1 aromatic heterocycles. The predicted octanol–water partition coefficient (Wildman–Crippen LogP) is 3.11. The van der Waals surface area contributed by atoms with E-state index < -0.39 is 0 Å². The summed E-state index contributed by atoms with van der Waals surface area (Å²) < 4.78 is 5.72. The van der Waals surface area contributed by atoms with Gasteiger partial charge in [-0.15, -0.1) is 0 Å². The van der Waals surface area contributed by atoms with Crippen molar-refractivity contribution in [2.75, 3.05) is 0 Å². The lowest BCUT2D eigenvalue weighted by atomic mass is 10.1. The lowest BCUT2D eigenvalue weighted by Crippen LogP contribution is -2.12. The van der Waals surface area contributed by atoms with Crippen LogP contribution in [0.2, 0.25) is 0 Å². The molecular formula is C15H17N3O. The average molecular weight is 255 g/mol. The Kier molecular flexibility index (Phi) is 4.13. The van der Waals surface area contributed by atoms with Gasteiger partial charge >= 0.3 is 0 Å². The fourth-order valence-corrected chi connectivity index (χ4v) is 1.82. The van der Waals surface area contributed by atoms with Gasteiger partial charge in [-0.3, -0.25) is 10.4 Å². The summed E-state index contributed by atoms with van der Waals surface area (Å²) in [5.41, 5.74) is 7.34. The van der Waals surface area contributed by atoms with Crippen molar-refractivity contribution in [3.8, 4) is 11.5 Å². The number of benzene rings is 1. The van der Waals surface area contributed by atoms with Crippen LogP contribution in [-0.4, -0.2) is 10.8 Å². The van der Waals surface area contributed by atoms with Crippen LogP contribution in [-0.2, 0) is 6.42 Å². The highest BCUT2D eigenvalue weighted by atomic mass is 16.5. The van der Waals surface area contributed by atoms with E-state index in [4.69, 9.17) is 15.9 Å². The summed E-state index contributed by atoms with van der Waals surface area (Å²) in [5, 5.41) is 7.50. The quantitative estimate of drug-likeness (QED) is 0.637. The Balaban J connectivity index is 2.19. The van der Waals surface area contributed by atoms with Crippen LogP contribution in [0.3, 0.4) is 0 Å². The molecule has 0 radical (unpaired) electrons. The van der Waals surface area contributed by atoms with Crippen LogP contribution < -0.4 is 10.5 Å². The normalized spacial score (nSPS) is 10.2. The third-order valence-corrected chi connectivity index (χ3v) is 2.76. The molecule has 1 aromatic carbocycles. The van der Waals surface area contributed by atoms with Gasteiger partial charge in [-0.2, -0.15) is 0 Å². The molecule has 0 unspecified atom stereocenters. The number of pyridine rings is 1. The fraction of sp³-hybridized carbons (Fsp3) is 0.200. The van der Waals surface area contributed by atoms with Crippen LogP contribution in [0.5, 0.6) is 11.5 Å². The number of nitrogens with zero attached hydrogens (tertiary/aromatic N) is 1. The number of rotatable bonds is 5. The molecule has 2 aromatic rings. The summed E-state index contributed by atoms with van der Waals surface area (Å²) in [6.07, 6.45) is 5.34. The topological polar surface area (TPSA) is 72.0 Å². The van der Waals surface area contributed by atoms with E-state index in [1.807, 2.05) is 24.3 Å². The summed E-state index contributed by atoms with van der Waals surface area (Å²) in [6.45, 7) is 2.15. The standard InChI is InChI=1S/C15H17N3O/c1-2-3-11-4-6-12(7-5-11)19-14-10-18-9-8-13(14)15(16)17/h4-10H,2-3H2,1H3,(H3,16,17). The van der Waals surface area contributed by atoms with E-state index in [0.717, 1.165) is 18.6 Å². The van der Waals surface area contributed by atoms with E-state index in [9.17, 15) is 0 Å². The zero-order valence-electron chi connectivity index (χ0n) is 10.9. The van der Waals surface area contributed by atoms with Gasteiger partial charge < -0.3 is 10.5 Å². The monoisotopic (exact) mass is 255 g/mol. The number of hydrogen-bond donors (Lipinski definition) is 2. The van der Waals surface area contributed by atoms with Gasteiger partial charge in [-0.05, 0) is 30.2 Å². The minimum Gasteiger partial charge on any atom is -0.455 e. The highest BCUT2D eigenvalue weighted by Crippen LogP contribution is 2.24. The van der Waals surface area contributed by atoms with Gasteiger partial charge in [0.2, 0.25) is 0 Å². The molecule has 19 heavy (non-hydrogen) atoms. The molecule has 4 heteroatoms. The molecular weight excluding hydrogens is 238 g/mol. The molecule has 1 heterocycles. The van der Waals surface area contributed by atoms with Crippen molar-refractivity contribution in [3.63, 3.8) is 0 Å². The van der Waals surface area contributed by atoms with Crippen LogP contribution in [0.15, 0.2) is 42.7 Å². The molecule has 0 spiro atoms. The van der Waals surface area contributed by atoms with Crippen LogP contribution in [0.1, 0.15) is 24.5 Å². The largest absolute Gasteiger partial charge is 0.455 e. The van der Waals surface area contributed by atoms with E-state index >= 15 is 0 Å². The number of aromatic nitrogens is 1. The van der Waals surface area contributed by atoms with E-state index in [1.54, 1.807) is 18.5 Å². The Morgan fingerprint density at radius 2 is 2.00 bits per heavy atom. The molecule has 0 saturated heterocycles. The molecule has 0 bridgehead atoms. The maximum Gasteiger partial charge on any atom is 0.156 e. The Morgan fingerprint density at radius 3 is 2.63 bits per heavy atom. The SMILES string of the molecule is CCCc1ccc(Oc2cnccc2C(=N)N)cc1. The zero-order chi connectivity index (χ0) is 13.7. The number of ether oxygens (including phenoxy) is 1. The zero-order valence-corrected chi connectivity index (χ0v) is 10.9. The molecule has 0 amide bonds. The van der Waals surface area contributed by atoms with Crippen molar-refractivity contribution in [1.82, 2.24) is 4.98 Å². The van der Waals surface area contributed by atoms with Gasteiger partial charge in [-0.1, -0.05) is 25.5 Å². The highest BCUT2D eigenvalue weighted by molar-refractivity contribution is 5.97. The number of nitrogens with one attached hydrogen (secondary N) is 1. The average Bonchev–Trinajstić information content (AvgIpc) is 2.42. The molecule has 0 aliphatic carbocycles. The van der Waals surface area contributed by atoms with E-state index in [-0.39, 0.29) is 5.84 Å². The molecule has 4 nitrogen and oxygen atoms in total. The second-order valence-corrected chi connectivity index (χ2v) is 4.28. The summed E-state index contributed by atoms with van der Waals surface area (Å²) in [6, 6.07) is 9.60. The second kappa shape index (κ2) is 6.00. The number of aryl methyl sites for hydroxylation is 1. The highest BCUT2D eigenvalue weighted by Gasteiger charge is 2.07. The van der Waals surface area contributed by atoms with Crippen LogP contribution >= 0.6 is 0 Å². The van der Waals surface area contributed by atoms with Crippen molar-refractivity contribution in [2.45, 2.75) is 19.8 Å². The maximum atomic E-state index is 7.50. The molecule has 0 aliphatic rings. The summed E-state index contributed by atoms with van der Waals surface area (Å²) in [5.74, 6) is 1.19. The molecule has 2 rings (SSSR count). The molecule has 0 saturated carbocycles. The lowest BCUT2D eigenvalue weighted by molar-refractivity contribution is 0.479. The maximum absolute atomic E-state index is 7.50. The van der Waals surface area contributed by atoms with Crippen molar-refractivity contribution in [3.05, 3.63) is 53.9 Å². The van der Waals surface area contributed by atoms with E-state index in [2.05, 4.69) is 11.9 Å². The van der Waals surface area contributed by atoms with E-state index in [0.29, 0.717) is 11.3 Å². The number of hydrogen-bond acceptors (Lipinski definition) is 3. The third-order valence-electron chi connectivity index (χ3n) is 2.76. The van der Waals surface area contributed by atoms with Crippen molar-refractivity contribution in [2.24, 2.45) is 5.73 Å².